The van der Waals surface area contributed by atoms with Gasteiger partial charge in [0.15, 0.2) is 0 Å². The van der Waals surface area contributed by atoms with Crippen molar-refractivity contribution in [1.82, 2.24) is 0 Å². The molecule has 2 nitrogen and oxygen atoms in total. The first-order valence-electron chi connectivity index (χ1n) is 5.17. The van der Waals surface area contributed by atoms with Crippen molar-refractivity contribution in [2.75, 3.05) is 5.32 Å². The summed E-state index contributed by atoms with van der Waals surface area (Å²) in [4.78, 5) is 4.57. The van der Waals surface area contributed by atoms with Crippen molar-refractivity contribution >= 4 is 17.1 Å². The standard InChI is InChI=1S/C14H14N2/c1-4-11-10(3)15-13-8-6-7-9-14(13)16-12(11)5-2/h4-9,15H,1-2H2,3H3. The number of para-hydroxylation sites is 2. The van der Waals surface area contributed by atoms with E-state index >= 15 is 0 Å². The van der Waals surface area contributed by atoms with Crippen molar-refractivity contribution in [2.24, 2.45) is 4.99 Å². The fourth-order valence-corrected chi connectivity index (χ4v) is 1.74. The third-order valence-electron chi connectivity index (χ3n) is 2.54. The number of hydrogen-bond donors (Lipinski definition) is 1. The summed E-state index contributed by atoms with van der Waals surface area (Å²) in [6.07, 6.45) is 3.55. The van der Waals surface area contributed by atoms with E-state index in [1.54, 1.807) is 12.2 Å². The topological polar surface area (TPSA) is 24.4 Å². The van der Waals surface area contributed by atoms with Crippen LogP contribution in [0.1, 0.15) is 6.92 Å². The summed E-state index contributed by atoms with van der Waals surface area (Å²) >= 11 is 0. The third-order valence-corrected chi connectivity index (χ3v) is 2.54. The number of hydrogen-bond acceptors (Lipinski definition) is 2. The van der Waals surface area contributed by atoms with Crippen LogP contribution in [0.2, 0.25) is 0 Å². The highest BCUT2D eigenvalue weighted by atomic mass is 14.9. The second kappa shape index (κ2) is 4.19. The molecule has 0 saturated heterocycles. The predicted octanol–water partition coefficient (Wildman–Crippen LogP) is 3.83. The molecule has 1 aliphatic rings. The molecule has 1 aliphatic heterocycles. The Bertz CT molecular complexity index is 507. The number of benzene rings is 1. The second-order valence-electron chi connectivity index (χ2n) is 3.59. The maximum absolute atomic E-state index is 4.57. The van der Waals surface area contributed by atoms with Crippen molar-refractivity contribution in [3.8, 4) is 0 Å². The molecule has 0 unspecified atom stereocenters. The molecule has 16 heavy (non-hydrogen) atoms. The number of aliphatic imine (C=N–C) groups is 1. The molecular weight excluding hydrogens is 196 g/mol. The summed E-state index contributed by atoms with van der Waals surface area (Å²) in [5.41, 5.74) is 4.82. The summed E-state index contributed by atoms with van der Waals surface area (Å²) in [7, 11) is 0. The van der Waals surface area contributed by atoms with E-state index in [0.29, 0.717) is 0 Å². The Hall–Kier alpha value is -2.09. The molecule has 0 atom stereocenters. The molecule has 0 bridgehead atoms. The second-order valence-corrected chi connectivity index (χ2v) is 3.59. The molecule has 2 rings (SSSR count). The van der Waals surface area contributed by atoms with Crippen molar-refractivity contribution in [3.05, 3.63) is 60.8 Å². The van der Waals surface area contributed by atoms with Crippen molar-refractivity contribution in [3.63, 3.8) is 0 Å². The maximum Gasteiger partial charge on any atom is 0.0871 e. The molecule has 0 aromatic heterocycles. The van der Waals surface area contributed by atoms with Crippen molar-refractivity contribution in [1.29, 1.82) is 0 Å². The number of nitrogens with zero attached hydrogens (tertiary/aromatic N) is 1. The van der Waals surface area contributed by atoms with Gasteiger partial charge in [-0.15, -0.1) is 0 Å². The zero-order chi connectivity index (χ0) is 11.5. The van der Waals surface area contributed by atoms with Gasteiger partial charge in [0.2, 0.25) is 0 Å². The minimum Gasteiger partial charge on any atom is -0.357 e. The Kier molecular flexibility index (Phi) is 2.73. The minimum absolute atomic E-state index is 0.852. The van der Waals surface area contributed by atoms with Gasteiger partial charge in [0.1, 0.15) is 0 Å². The normalized spacial score (nSPS) is 14.4. The lowest BCUT2D eigenvalue weighted by atomic mass is 10.1. The summed E-state index contributed by atoms with van der Waals surface area (Å²) in [5.74, 6) is 0. The molecule has 1 aromatic rings. The molecule has 0 radical (unpaired) electrons. The van der Waals surface area contributed by atoms with E-state index in [2.05, 4.69) is 23.5 Å². The lowest BCUT2D eigenvalue weighted by Crippen LogP contribution is -2.02. The SMILES string of the molecule is C=CC1=Nc2ccccc2NC(C)=C1C=C. The Balaban J connectivity index is 2.65. The monoisotopic (exact) mass is 210 g/mol. The van der Waals surface area contributed by atoms with E-state index in [1.807, 2.05) is 31.2 Å². The summed E-state index contributed by atoms with van der Waals surface area (Å²) in [5, 5.41) is 3.33. The molecule has 2 heteroatoms. The van der Waals surface area contributed by atoms with Crippen LogP contribution in [0.3, 0.4) is 0 Å². The van der Waals surface area contributed by atoms with Gasteiger partial charge in [0.05, 0.1) is 17.1 Å². The fraction of sp³-hybridized carbons (Fsp3) is 0.0714. The van der Waals surface area contributed by atoms with Gasteiger partial charge < -0.3 is 5.32 Å². The van der Waals surface area contributed by atoms with Gasteiger partial charge in [-0.3, -0.25) is 0 Å². The lowest BCUT2D eigenvalue weighted by Gasteiger charge is -2.07. The van der Waals surface area contributed by atoms with E-state index in [9.17, 15) is 0 Å². The van der Waals surface area contributed by atoms with Gasteiger partial charge >= 0.3 is 0 Å². The first kappa shape index (κ1) is 10.4. The average molecular weight is 210 g/mol. The van der Waals surface area contributed by atoms with E-state index in [-0.39, 0.29) is 0 Å². The molecule has 0 amide bonds. The van der Waals surface area contributed by atoms with E-state index in [4.69, 9.17) is 0 Å². The van der Waals surface area contributed by atoms with Crippen molar-refractivity contribution < 1.29 is 0 Å². The van der Waals surface area contributed by atoms with Gasteiger partial charge in [-0.2, -0.15) is 0 Å². The number of allylic oxidation sites excluding steroid dienone is 4. The van der Waals surface area contributed by atoms with E-state index in [1.165, 1.54) is 0 Å². The van der Waals surface area contributed by atoms with Crippen LogP contribution >= 0.6 is 0 Å². The van der Waals surface area contributed by atoms with Crippen LogP contribution in [0.5, 0.6) is 0 Å². The molecule has 0 aliphatic carbocycles. The zero-order valence-electron chi connectivity index (χ0n) is 9.33. The van der Waals surface area contributed by atoms with Gasteiger partial charge in [0, 0.05) is 11.3 Å². The molecule has 0 spiro atoms. The summed E-state index contributed by atoms with van der Waals surface area (Å²) in [6.45, 7) is 9.61. The van der Waals surface area contributed by atoms with Crippen LogP contribution < -0.4 is 5.32 Å². The fourth-order valence-electron chi connectivity index (χ4n) is 1.74. The van der Waals surface area contributed by atoms with Crippen LogP contribution in [0.15, 0.2) is 65.8 Å². The Morgan fingerprint density at radius 2 is 1.94 bits per heavy atom. The third kappa shape index (κ3) is 1.70. The predicted molar refractivity (Wildman–Crippen MR) is 70.3 cm³/mol. The van der Waals surface area contributed by atoms with E-state index in [0.717, 1.165) is 28.4 Å². The number of rotatable bonds is 2. The van der Waals surface area contributed by atoms with Gasteiger partial charge in [-0.05, 0) is 25.1 Å². The maximum atomic E-state index is 4.57. The Morgan fingerprint density at radius 3 is 2.62 bits per heavy atom. The minimum atomic E-state index is 0.852. The first-order valence-corrected chi connectivity index (χ1v) is 5.17. The van der Waals surface area contributed by atoms with Crippen LogP contribution in [0.4, 0.5) is 11.4 Å². The smallest absolute Gasteiger partial charge is 0.0871 e. The van der Waals surface area contributed by atoms with Gasteiger partial charge in [-0.25, -0.2) is 4.99 Å². The molecule has 1 heterocycles. The highest BCUT2D eigenvalue weighted by molar-refractivity contribution is 6.13. The van der Waals surface area contributed by atoms with Gasteiger partial charge in [0.25, 0.3) is 0 Å². The average Bonchev–Trinajstić information content (AvgIpc) is 2.44. The molecule has 1 N–H and O–H groups in total. The Labute approximate surface area is 95.7 Å². The van der Waals surface area contributed by atoms with E-state index < -0.39 is 0 Å². The molecule has 1 aromatic carbocycles. The summed E-state index contributed by atoms with van der Waals surface area (Å²) in [6, 6.07) is 7.94. The van der Waals surface area contributed by atoms with Crippen molar-refractivity contribution in [2.45, 2.75) is 6.92 Å². The zero-order valence-corrected chi connectivity index (χ0v) is 9.33. The van der Waals surface area contributed by atoms with Crippen LogP contribution in [0, 0.1) is 0 Å². The van der Waals surface area contributed by atoms with Crippen LogP contribution in [-0.2, 0) is 0 Å². The lowest BCUT2D eigenvalue weighted by molar-refractivity contribution is 1.36. The Morgan fingerprint density at radius 1 is 1.19 bits per heavy atom. The molecule has 0 saturated carbocycles. The number of fused-ring (bicyclic) bond motifs is 1. The van der Waals surface area contributed by atoms with Crippen LogP contribution in [0.25, 0.3) is 0 Å². The molecule has 0 fully saturated rings. The quantitative estimate of drug-likeness (QED) is 0.788. The first-order chi connectivity index (χ1) is 7.76. The van der Waals surface area contributed by atoms with Crippen LogP contribution in [-0.4, -0.2) is 5.71 Å². The highest BCUT2D eigenvalue weighted by Gasteiger charge is 2.11. The number of anilines is 1. The molecule has 80 valence electrons. The molecular formula is C14H14N2. The highest BCUT2D eigenvalue weighted by Crippen LogP contribution is 2.30. The summed E-state index contributed by atoms with van der Waals surface area (Å²) < 4.78 is 0. The van der Waals surface area contributed by atoms with Gasteiger partial charge in [-0.1, -0.05) is 31.4 Å². The number of nitrogens with one attached hydrogen (secondary N) is 1. The largest absolute Gasteiger partial charge is 0.357 e.